The number of carbonyl (C=O) groups excluding carboxylic acids is 1. The lowest BCUT2D eigenvalue weighted by atomic mass is 9.96. The van der Waals surface area contributed by atoms with Crippen molar-refractivity contribution in [2.24, 2.45) is 5.10 Å². The summed E-state index contributed by atoms with van der Waals surface area (Å²) in [5, 5.41) is 10.4. The highest BCUT2D eigenvalue weighted by Crippen LogP contribution is 2.53. The standard InChI is InChI=1S/C29H19BrClN3O3S/c30-19-8-12-26-22(14-19)24-16-23(17-6-9-20(31)10-7-17)33-34(24)29(37-26)27(38-28(35)32-29)15-21-11-13-25(36-21)18-4-2-1-3-5-18/h1-15,24H,16H2,(H,32,35). The number of carbonyl (C=O) groups is 1. The molecule has 0 radical (unpaired) electrons. The van der Waals surface area contributed by atoms with Gasteiger partial charge in [-0.1, -0.05) is 70.0 Å². The normalized spacial score (nSPS) is 22.7. The molecule has 3 aliphatic rings. The summed E-state index contributed by atoms with van der Waals surface area (Å²) in [5.74, 6) is 0.752. The van der Waals surface area contributed by atoms with Crippen LogP contribution >= 0.6 is 39.3 Å². The molecule has 1 spiro atoms. The molecule has 2 unspecified atom stereocenters. The van der Waals surface area contributed by atoms with Gasteiger partial charge < -0.3 is 9.15 Å². The Labute approximate surface area is 236 Å². The van der Waals surface area contributed by atoms with Gasteiger partial charge in [-0.15, -0.1) is 0 Å². The molecule has 1 aromatic heterocycles. The maximum Gasteiger partial charge on any atom is 0.314 e. The number of ether oxygens (including phenoxy) is 1. The average molecular weight is 605 g/mol. The molecule has 9 heteroatoms. The van der Waals surface area contributed by atoms with E-state index in [0.717, 1.165) is 44.4 Å². The number of rotatable bonds is 3. The number of hydrogen-bond acceptors (Lipinski definition) is 6. The summed E-state index contributed by atoms with van der Waals surface area (Å²) in [6.45, 7) is 0. The van der Waals surface area contributed by atoms with Gasteiger partial charge in [0.05, 0.1) is 16.7 Å². The van der Waals surface area contributed by atoms with E-state index < -0.39 is 5.85 Å². The molecule has 7 rings (SSSR count). The van der Waals surface area contributed by atoms with E-state index in [0.29, 0.717) is 27.9 Å². The smallest absolute Gasteiger partial charge is 0.314 e. The number of halogens is 2. The molecule has 0 aliphatic carbocycles. The fourth-order valence-electron chi connectivity index (χ4n) is 5.02. The molecule has 4 heterocycles. The number of benzene rings is 3. The van der Waals surface area contributed by atoms with Crippen molar-refractivity contribution in [1.82, 2.24) is 10.3 Å². The zero-order chi connectivity index (χ0) is 25.9. The van der Waals surface area contributed by atoms with Crippen LogP contribution < -0.4 is 10.1 Å². The molecule has 2 atom stereocenters. The van der Waals surface area contributed by atoms with Crippen molar-refractivity contribution in [3.8, 4) is 17.1 Å². The van der Waals surface area contributed by atoms with E-state index in [1.54, 1.807) is 0 Å². The number of hydrogen-bond donors (Lipinski definition) is 1. The zero-order valence-corrected chi connectivity index (χ0v) is 22.9. The van der Waals surface area contributed by atoms with Crippen LogP contribution in [0.4, 0.5) is 4.79 Å². The van der Waals surface area contributed by atoms with Crippen LogP contribution in [0.5, 0.6) is 5.75 Å². The summed E-state index contributed by atoms with van der Waals surface area (Å²) >= 11 is 10.8. The lowest BCUT2D eigenvalue weighted by Gasteiger charge is -2.45. The summed E-state index contributed by atoms with van der Waals surface area (Å²) < 4.78 is 13.7. The third-order valence-corrected chi connectivity index (χ3v) is 8.41. The van der Waals surface area contributed by atoms with Gasteiger partial charge in [0.15, 0.2) is 0 Å². The first-order valence-electron chi connectivity index (χ1n) is 12.0. The Kier molecular flexibility index (Phi) is 5.65. The number of nitrogens with zero attached hydrogens (tertiary/aromatic N) is 2. The number of furan rings is 1. The molecule has 3 aliphatic heterocycles. The zero-order valence-electron chi connectivity index (χ0n) is 19.7. The number of amides is 1. The van der Waals surface area contributed by atoms with Crippen molar-refractivity contribution >= 4 is 56.3 Å². The van der Waals surface area contributed by atoms with Gasteiger partial charge in [0, 0.05) is 27.0 Å². The van der Waals surface area contributed by atoms with Gasteiger partial charge in [0.25, 0.3) is 5.24 Å². The van der Waals surface area contributed by atoms with E-state index in [-0.39, 0.29) is 11.3 Å². The van der Waals surface area contributed by atoms with Gasteiger partial charge in [0.1, 0.15) is 17.3 Å². The predicted molar refractivity (Wildman–Crippen MR) is 153 cm³/mol. The summed E-state index contributed by atoms with van der Waals surface area (Å²) in [6.07, 6.45) is 2.49. The van der Waals surface area contributed by atoms with E-state index in [2.05, 4.69) is 21.2 Å². The van der Waals surface area contributed by atoms with Crippen LogP contribution in [-0.2, 0) is 0 Å². The minimum absolute atomic E-state index is 0.152. The topological polar surface area (TPSA) is 67.1 Å². The Bertz CT molecular complexity index is 1640. The minimum atomic E-state index is -1.30. The van der Waals surface area contributed by atoms with Crippen LogP contribution in [0, 0.1) is 0 Å². The van der Waals surface area contributed by atoms with Crippen LogP contribution in [0.1, 0.15) is 29.3 Å². The maximum atomic E-state index is 12.9. The van der Waals surface area contributed by atoms with Gasteiger partial charge in [-0.3, -0.25) is 10.1 Å². The fraction of sp³-hybridized carbons (Fsp3) is 0.103. The van der Waals surface area contributed by atoms with E-state index in [9.17, 15) is 4.79 Å². The van der Waals surface area contributed by atoms with Crippen LogP contribution in [0.3, 0.4) is 0 Å². The summed E-state index contributed by atoms with van der Waals surface area (Å²) in [4.78, 5) is 13.5. The minimum Gasteiger partial charge on any atom is -0.457 e. The first kappa shape index (κ1) is 23.6. The van der Waals surface area contributed by atoms with Crippen molar-refractivity contribution < 1.29 is 13.9 Å². The molecule has 1 N–H and O–H groups in total. The van der Waals surface area contributed by atoms with Gasteiger partial charge in [-0.05, 0) is 65.9 Å². The summed E-state index contributed by atoms with van der Waals surface area (Å²) in [5.41, 5.74) is 3.83. The molecule has 1 saturated heterocycles. The first-order chi connectivity index (χ1) is 18.5. The van der Waals surface area contributed by atoms with Crippen LogP contribution in [0.15, 0.2) is 104 Å². The SMILES string of the molecule is O=C1NC2(Oc3ccc(Br)cc3C3CC(c4ccc(Cl)cc4)=NN32)C(=Cc2ccc(-c3ccccc3)o2)S1. The predicted octanol–water partition coefficient (Wildman–Crippen LogP) is 8.06. The van der Waals surface area contributed by atoms with Crippen molar-refractivity contribution in [1.29, 1.82) is 0 Å². The summed E-state index contributed by atoms with van der Waals surface area (Å²) in [6, 6.07) is 27.1. The lowest BCUT2D eigenvalue weighted by Crippen LogP contribution is -2.61. The first-order valence-corrected chi connectivity index (χ1v) is 14.0. The largest absolute Gasteiger partial charge is 0.457 e. The van der Waals surface area contributed by atoms with Crippen molar-refractivity contribution in [3.05, 3.63) is 116 Å². The maximum absolute atomic E-state index is 12.9. The lowest BCUT2D eigenvalue weighted by molar-refractivity contribution is -0.0949. The number of hydrazone groups is 1. The second-order valence-electron chi connectivity index (χ2n) is 9.14. The van der Waals surface area contributed by atoms with E-state index in [4.69, 9.17) is 25.9 Å². The second-order valence-corrected chi connectivity index (χ2v) is 11.5. The van der Waals surface area contributed by atoms with Gasteiger partial charge in [-0.25, -0.2) is 5.01 Å². The molecule has 38 heavy (non-hydrogen) atoms. The third-order valence-electron chi connectivity index (χ3n) is 6.77. The van der Waals surface area contributed by atoms with Gasteiger partial charge >= 0.3 is 5.85 Å². The van der Waals surface area contributed by atoms with E-state index in [1.807, 2.05) is 96.0 Å². The highest BCUT2D eigenvalue weighted by Gasteiger charge is 2.58. The van der Waals surface area contributed by atoms with Crippen molar-refractivity contribution in [2.45, 2.75) is 18.3 Å². The van der Waals surface area contributed by atoms with E-state index in [1.165, 1.54) is 0 Å². The Hall–Kier alpha value is -3.46. The molecule has 6 nitrogen and oxygen atoms in total. The quantitative estimate of drug-likeness (QED) is 0.256. The third kappa shape index (κ3) is 3.95. The molecule has 4 aromatic rings. The molecule has 0 saturated carbocycles. The van der Waals surface area contributed by atoms with E-state index >= 15 is 0 Å². The van der Waals surface area contributed by atoms with Crippen LogP contribution in [-0.4, -0.2) is 21.8 Å². The van der Waals surface area contributed by atoms with Crippen molar-refractivity contribution in [3.63, 3.8) is 0 Å². The van der Waals surface area contributed by atoms with Crippen molar-refractivity contribution in [2.75, 3.05) is 0 Å². The highest BCUT2D eigenvalue weighted by atomic mass is 79.9. The molecule has 1 fully saturated rings. The fourth-order valence-corrected chi connectivity index (χ4v) is 6.42. The Morgan fingerprint density at radius 1 is 1.05 bits per heavy atom. The molecule has 3 aromatic carbocycles. The number of thioether (sulfide) groups is 1. The molecule has 0 bridgehead atoms. The Balaban J connectivity index is 1.34. The Morgan fingerprint density at radius 3 is 2.68 bits per heavy atom. The monoisotopic (exact) mass is 603 g/mol. The number of fused-ring (bicyclic) bond motifs is 4. The summed E-state index contributed by atoms with van der Waals surface area (Å²) in [7, 11) is 0. The molecular formula is C29H19BrClN3O3S. The second kappa shape index (κ2) is 9.08. The average Bonchev–Trinajstić information content (AvgIpc) is 3.64. The van der Waals surface area contributed by atoms with Crippen LogP contribution in [0.25, 0.3) is 17.4 Å². The molecule has 188 valence electrons. The molecular weight excluding hydrogens is 586 g/mol. The van der Waals surface area contributed by atoms with Gasteiger partial charge in [-0.2, -0.15) is 5.10 Å². The van der Waals surface area contributed by atoms with Gasteiger partial charge in [0.2, 0.25) is 0 Å². The molecule has 1 amide bonds. The van der Waals surface area contributed by atoms with Crippen LogP contribution in [0.2, 0.25) is 5.02 Å². The number of nitrogens with one attached hydrogen (secondary N) is 1. The Morgan fingerprint density at radius 2 is 1.87 bits per heavy atom. The highest BCUT2D eigenvalue weighted by molar-refractivity contribution is 9.10.